The van der Waals surface area contributed by atoms with Crippen molar-refractivity contribution in [3.05, 3.63) is 47.5 Å². The Morgan fingerprint density at radius 1 is 1.36 bits per heavy atom. The molecule has 0 atom stereocenters. The number of nitrogens with zero attached hydrogens (tertiary/aromatic N) is 3. The Morgan fingerprint density at radius 3 is 2.96 bits per heavy atom. The third-order valence-electron chi connectivity index (χ3n) is 4.32. The first kappa shape index (κ1) is 17.5. The predicted molar refractivity (Wildman–Crippen MR) is 96.5 cm³/mol. The van der Waals surface area contributed by atoms with E-state index in [9.17, 15) is 4.79 Å². The van der Waals surface area contributed by atoms with E-state index in [4.69, 9.17) is 4.74 Å². The van der Waals surface area contributed by atoms with Gasteiger partial charge in [-0.05, 0) is 23.6 Å². The second-order valence-corrected chi connectivity index (χ2v) is 6.90. The molecule has 0 fully saturated rings. The number of carbonyl (C=O) groups is 1. The molecule has 2 aromatic rings. The minimum Gasteiger partial charge on any atom is -0.497 e. The number of aromatic nitrogens is 2. The molecule has 1 aromatic heterocycles. The molecular formula is C19H26N4O2. The molecule has 2 heterocycles. The van der Waals surface area contributed by atoms with Crippen LogP contribution in [0.5, 0.6) is 5.75 Å². The molecule has 1 aromatic carbocycles. The first-order valence-corrected chi connectivity index (χ1v) is 8.74. The zero-order chi connectivity index (χ0) is 17.8. The molecule has 0 saturated carbocycles. The van der Waals surface area contributed by atoms with Gasteiger partial charge in [0.2, 0.25) is 0 Å². The quantitative estimate of drug-likeness (QED) is 0.875. The van der Waals surface area contributed by atoms with Crippen LogP contribution < -0.4 is 10.1 Å². The van der Waals surface area contributed by atoms with E-state index in [1.165, 1.54) is 0 Å². The van der Waals surface area contributed by atoms with Crippen LogP contribution in [0.3, 0.4) is 0 Å². The minimum atomic E-state index is -0.139. The number of carbonyl (C=O) groups excluding carboxylic acids is 1. The Balaban J connectivity index is 1.61. The van der Waals surface area contributed by atoms with Gasteiger partial charge in [-0.15, -0.1) is 0 Å². The first-order chi connectivity index (χ1) is 12.0. The maximum absolute atomic E-state index is 12.4. The summed E-state index contributed by atoms with van der Waals surface area (Å²) in [7, 11) is 1.63. The van der Waals surface area contributed by atoms with Crippen LogP contribution in [0.1, 0.15) is 35.7 Å². The molecule has 1 amide bonds. The van der Waals surface area contributed by atoms with Gasteiger partial charge < -0.3 is 14.6 Å². The Morgan fingerprint density at radius 2 is 2.20 bits per heavy atom. The summed E-state index contributed by atoms with van der Waals surface area (Å²) in [4.78, 5) is 19.4. The summed E-state index contributed by atoms with van der Waals surface area (Å²) >= 11 is 0. The van der Waals surface area contributed by atoms with E-state index >= 15 is 0 Å². The van der Waals surface area contributed by atoms with Gasteiger partial charge in [0.15, 0.2) is 0 Å². The fourth-order valence-electron chi connectivity index (χ4n) is 3.14. The molecular weight excluding hydrogens is 316 g/mol. The molecule has 3 rings (SSSR count). The molecule has 0 radical (unpaired) electrons. The van der Waals surface area contributed by atoms with E-state index in [1.807, 2.05) is 30.5 Å². The summed E-state index contributed by atoms with van der Waals surface area (Å²) in [6.07, 6.45) is 1.86. The average molecular weight is 342 g/mol. The van der Waals surface area contributed by atoms with Crippen LogP contribution >= 0.6 is 0 Å². The summed E-state index contributed by atoms with van der Waals surface area (Å²) in [5.74, 6) is 2.25. The van der Waals surface area contributed by atoms with E-state index in [0.29, 0.717) is 18.2 Å². The Labute approximate surface area is 148 Å². The van der Waals surface area contributed by atoms with Gasteiger partial charge in [-0.1, -0.05) is 26.0 Å². The molecule has 1 N–H and O–H groups in total. The van der Waals surface area contributed by atoms with Crippen LogP contribution in [0.4, 0.5) is 0 Å². The van der Waals surface area contributed by atoms with Gasteiger partial charge in [0.1, 0.15) is 17.3 Å². The lowest BCUT2D eigenvalue weighted by Gasteiger charge is -2.28. The van der Waals surface area contributed by atoms with Crippen molar-refractivity contribution in [1.29, 1.82) is 0 Å². The van der Waals surface area contributed by atoms with E-state index < -0.39 is 0 Å². The highest BCUT2D eigenvalue weighted by atomic mass is 16.5. The molecule has 1 aliphatic heterocycles. The number of imidazole rings is 1. The van der Waals surface area contributed by atoms with Gasteiger partial charge in [-0.25, -0.2) is 4.98 Å². The maximum atomic E-state index is 12.4. The lowest BCUT2D eigenvalue weighted by Crippen LogP contribution is -2.35. The molecule has 0 bridgehead atoms. The largest absolute Gasteiger partial charge is 0.497 e. The van der Waals surface area contributed by atoms with Gasteiger partial charge >= 0.3 is 0 Å². The molecule has 0 saturated heterocycles. The van der Waals surface area contributed by atoms with Crippen LogP contribution in [0.25, 0.3) is 0 Å². The number of rotatable bonds is 6. The van der Waals surface area contributed by atoms with Crippen molar-refractivity contribution >= 4 is 5.91 Å². The average Bonchev–Trinajstić information content (AvgIpc) is 3.02. The number of fused-ring (bicyclic) bond motifs is 1. The number of ether oxygens (including phenoxy) is 1. The molecule has 0 unspecified atom stereocenters. The number of hydrogen-bond donors (Lipinski definition) is 1. The van der Waals surface area contributed by atoms with E-state index in [1.54, 1.807) is 7.11 Å². The van der Waals surface area contributed by atoms with E-state index in [2.05, 4.69) is 33.6 Å². The molecule has 6 nitrogen and oxygen atoms in total. The Kier molecular flexibility index (Phi) is 5.38. The Bertz CT molecular complexity index is 739. The number of amides is 1. The topological polar surface area (TPSA) is 59.4 Å². The first-order valence-electron chi connectivity index (χ1n) is 8.74. The third kappa shape index (κ3) is 4.39. The van der Waals surface area contributed by atoms with Crippen molar-refractivity contribution in [2.24, 2.45) is 5.92 Å². The van der Waals surface area contributed by atoms with Crippen molar-refractivity contribution < 1.29 is 9.53 Å². The van der Waals surface area contributed by atoms with Crippen molar-refractivity contribution in [3.63, 3.8) is 0 Å². The zero-order valence-electron chi connectivity index (χ0n) is 15.2. The van der Waals surface area contributed by atoms with Crippen molar-refractivity contribution in [3.8, 4) is 5.75 Å². The van der Waals surface area contributed by atoms with Crippen molar-refractivity contribution in [2.45, 2.75) is 33.5 Å². The number of benzene rings is 1. The van der Waals surface area contributed by atoms with Crippen LogP contribution in [0.2, 0.25) is 0 Å². The van der Waals surface area contributed by atoms with Gasteiger partial charge in [0.25, 0.3) is 5.91 Å². The van der Waals surface area contributed by atoms with Crippen LogP contribution in [0.15, 0.2) is 30.5 Å². The monoisotopic (exact) mass is 342 g/mol. The predicted octanol–water partition coefficient (Wildman–Crippen LogP) is 2.29. The number of nitrogens with one attached hydrogen (secondary N) is 1. The molecule has 6 heteroatoms. The van der Waals surface area contributed by atoms with Crippen LogP contribution in [-0.2, 0) is 19.6 Å². The van der Waals surface area contributed by atoms with Gasteiger partial charge in [0, 0.05) is 32.4 Å². The van der Waals surface area contributed by atoms with Crippen LogP contribution in [0, 0.1) is 5.92 Å². The minimum absolute atomic E-state index is 0.139. The fourth-order valence-corrected chi connectivity index (χ4v) is 3.14. The van der Waals surface area contributed by atoms with E-state index in [0.717, 1.165) is 43.3 Å². The molecule has 1 aliphatic rings. The standard InChI is InChI=1S/C19H26N4O2/c1-14(2)11-22-7-8-23-12-17(21-18(23)13-22)19(24)20-10-15-5-4-6-16(9-15)25-3/h4-6,9,12,14H,7-8,10-11,13H2,1-3H3,(H,20,24). The van der Waals surface area contributed by atoms with Gasteiger partial charge in [0.05, 0.1) is 13.7 Å². The third-order valence-corrected chi connectivity index (χ3v) is 4.32. The SMILES string of the molecule is COc1cccc(CNC(=O)c2cn3c(n2)CN(CC(C)C)CC3)c1. The molecule has 25 heavy (non-hydrogen) atoms. The highest BCUT2D eigenvalue weighted by Gasteiger charge is 2.21. The highest BCUT2D eigenvalue weighted by molar-refractivity contribution is 5.92. The van der Waals surface area contributed by atoms with Gasteiger partial charge in [-0.2, -0.15) is 0 Å². The van der Waals surface area contributed by atoms with Crippen LogP contribution in [-0.4, -0.2) is 40.6 Å². The summed E-state index contributed by atoms with van der Waals surface area (Å²) in [5.41, 5.74) is 1.49. The number of hydrogen-bond acceptors (Lipinski definition) is 4. The zero-order valence-corrected chi connectivity index (χ0v) is 15.2. The maximum Gasteiger partial charge on any atom is 0.271 e. The van der Waals surface area contributed by atoms with Crippen molar-refractivity contribution in [1.82, 2.24) is 19.8 Å². The normalized spacial score (nSPS) is 14.4. The second-order valence-electron chi connectivity index (χ2n) is 6.90. The molecule has 0 spiro atoms. The lowest BCUT2D eigenvalue weighted by atomic mass is 10.2. The van der Waals surface area contributed by atoms with Gasteiger partial charge in [-0.3, -0.25) is 9.69 Å². The second kappa shape index (κ2) is 7.70. The molecule has 134 valence electrons. The summed E-state index contributed by atoms with van der Waals surface area (Å²) in [5, 5.41) is 2.94. The molecule has 0 aliphatic carbocycles. The summed E-state index contributed by atoms with van der Waals surface area (Å²) < 4.78 is 7.30. The smallest absolute Gasteiger partial charge is 0.271 e. The summed E-state index contributed by atoms with van der Waals surface area (Å²) in [6.45, 7) is 8.66. The lowest BCUT2D eigenvalue weighted by molar-refractivity contribution is 0.0946. The van der Waals surface area contributed by atoms with E-state index in [-0.39, 0.29) is 5.91 Å². The Hall–Kier alpha value is -2.34. The van der Waals surface area contributed by atoms with Crippen molar-refractivity contribution in [2.75, 3.05) is 20.2 Å². The highest BCUT2D eigenvalue weighted by Crippen LogP contribution is 2.15. The fraction of sp³-hybridized carbons (Fsp3) is 0.474. The number of methoxy groups -OCH3 is 1. The summed E-state index contributed by atoms with van der Waals surface area (Å²) in [6, 6.07) is 7.68.